The second-order valence-corrected chi connectivity index (χ2v) is 3.86. The minimum Gasteiger partial charge on any atom is -0.398 e. The van der Waals surface area contributed by atoms with Crippen LogP contribution >= 0.6 is 0 Å². The Bertz CT molecular complexity index is 463. The van der Waals surface area contributed by atoms with Crippen molar-refractivity contribution >= 4 is 11.5 Å². The lowest BCUT2D eigenvalue weighted by Crippen LogP contribution is -2.10. The molecule has 1 aromatic rings. The fraction of sp³-hybridized carbons (Fsp3) is 0.250. The molecule has 0 saturated carbocycles. The van der Waals surface area contributed by atoms with E-state index in [1.807, 2.05) is 0 Å². The molecule has 0 atom stereocenters. The van der Waals surface area contributed by atoms with Crippen LogP contribution in [0.3, 0.4) is 0 Å². The summed E-state index contributed by atoms with van der Waals surface area (Å²) in [5.74, 6) is -0.457. The largest absolute Gasteiger partial charge is 0.416 e. The Hall–Kier alpha value is -1.78. The van der Waals surface area contributed by atoms with E-state index in [4.69, 9.17) is 5.73 Å². The normalized spacial score (nSPS) is 11.3. The quantitative estimate of drug-likeness (QED) is 0.502. The predicted molar refractivity (Wildman–Crippen MR) is 59.6 cm³/mol. The van der Waals surface area contributed by atoms with E-state index >= 15 is 0 Å². The highest BCUT2D eigenvalue weighted by atomic mass is 19.4. The van der Waals surface area contributed by atoms with Crippen molar-refractivity contribution in [2.75, 3.05) is 5.73 Å². The number of anilines is 1. The summed E-state index contributed by atoms with van der Waals surface area (Å²) in [6.07, 6.45) is -4.49. The topological polar surface area (TPSA) is 43.1 Å². The fourth-order valence-corrected chi connectivity index (χ4v) is 1.34. The molecular formula is C12H12F3NO. The molecule has 0 spiro atoms. The van der Waals surface area contributed by atoms with Gasteiger partial charge in [0.05, 0.1) is 5.56 Å². The molecular weight excluding hydrogens is 231 g/mol. The van der Waals surface area contributed by atoms with Crippen molar-refractivity contribution < 1.29 is 18.0 Å². The Labute approximate surface area is 96.9 Å². The van der Waals surface area contributed by atoms with Gasteiger partial charge in [0, 0.05) is 17.7 Å². The highest BCUT2D eigenvalue weighted by Crippen LogP contribution is 2.31. The summed E-state index contributed by atoms with van der Waals surface area (Å²) in [4.78, 5) is 11.6. The molecule has 0 aliphatic heterocycles. The number of ketones is 1. The van der Waals surface area contributed by atoms with Gasteiger partial charge in [0.15, 0.2) is 5.78 Å². The molecule has 0 unspecified atom stereocenters. The Morgan fingerprint density at radius 1 is 1.41 bits per heavy atom. The zero-order valence-corrected chi connectivity index (χ0v) is 9.27. The summed E-state index contributed by atoms with van der Waals surface area (Å²) < 4.78 is 37.4. The van der Waals surface area contributed by atoms with Gasteiger partial charge < -0.3 is 5.73 Å². The molecule has 0 aromatic heterocycles. The fourth-order valence-electron chi connectivity index (χ4n) is 1.34. The Morgan fingerprint density at radius 2 is 2.00 bits per heavy atom. The minimum atomic E-state index is -4.48. The lowest BCUT2D eigenvalue weighted by atomic mass is 10.0. The van der Waals surface area contributed by atoms with Crippen LogP contribution < -0.4 is 5.73 Å². The van der Waals surface area contributed by atoms with Gasteiger partial charge in [-0.1, -0.05) is 12.2 Å². The van der Waals surface area contributed by atoms with Gasteiger partial charge in [-0.05, 0) is 25.1 Å². The first-order chi connectivity index (χ1) is 7.71. The van der Waals surface area contributed by atoms with E-state index in [1.165, 1.54) is 0 Å². The van der Waals surface area contributed by atoms with E-state index in [0.717, 1.165) is 18.2 Å². The van der Waals surface area contributed by atoms with Crippen LogP contribution in [0.1, 0.15) is 29.3 Å². The van der Waals surface area contributed by atoms with E-state index in [0.29, 0.717) is 5.57 Å². The second-order valence-electron chi connectivity index (χ2n) is 3.86. The third-order valence-corrected chi connectivity index (χ3v) is 2.14. The molecule has 0 aliphatic carbocycles. The first-order valence-corrected chi connectivity index (χ1v) is 4.86. The number of rotatable bonds is 3. The molecule has 0 heterocycles. The Balaban J connectivity index is 3.15. The first kappa shape index (κ1) is 13.3. The molecule has 0 saturated heterocycles. The van der Waals surface area contributed by atoms with E-state index in [1.54, 1.807) is 6.92 Å². The third kappa shape index (κ3) is 3.34. The van der Waals surface area contributed by atoms with Crippen LogP contribution in [0, 0.1) is 0 Å². The molecule has 0 fully saturated rings. The number of halogens is 3. The molecule has 1 aromatic carbocycles. The van der Waals surface area contributed by atoms with Crippen molar-refractivity contribution in [1.82, 2.24) is 0 Å². The van der Waals surface area contributed by atoms with Crippen molar-refractivity contribution in [3.8, 4) is 0 Å². The summed E-state index contributed by atoms with van der Waals surface area (Å²) in [6.45, 7) is 5.16. The van der Waals surface area contributed by atoms with Crippen molar-refractivity contribution in [2.24, 2.45) is 0 Å². The van der Waals surface area contributed by atoms with Crippen LogP contribution in [-0.2, 0) is 6.18 Å². The number of alkyl halides is 3. The van der Waals surface area contributed by atoms with Gasteiger partial charge >= 0.3 is 6.18 Å². The highest BCUT2D eigenvalue weighted by Gasteiger charge is 2.31. The van der Waals surface area contributed by atoms with Gasteiger partial charge in [-0.3, -0.25) is 4.79 Å². The first-order valence-electron chi connectivity index (χ1n) is 4.86. The lowest BCUT2D eigenvalue weighted by Gasteiger charge is -2.10. The molecule has 5 heteroatoms. The zero-order valence-electron chi connectivity index (χ0n) is 9.27. The smallest absolute Gasteiger partial charge is 0.398 e. The number of nitrogen functional groups attached to an aromatic ring is 1. The van der Waals surface area contributed by atoms with E-state index in [2.05, 4.69) is 6.58 Å². The number of carbonyl (C=O) groups excluding carboxylic acids is 1. The molecule has 0 radical (unpaired) electrons. The predicted octanol–water partition coefficient (Wildman–Crippen LogP) is 3.44. The maximum absolute atomic E-state index is 12.5. The number of Topliss-reactive ketones (excluding diaryl/α,β-unsaturated/α-hetero) is 1. The van der Waals surface area contributed by atoms with Crippen LogP contribution in [-0.4, -0.2) is 5.78 Å². The van der Waals surface area contributed by atoms with Crippen molar-refractivity contribution in [3.63, 3.8) is 0 Å². The van der Waals surface area contributed by atoms with Gasteiger partial charge in [-0.2, -0.15) is 13.2 Å². The van der Waals surface area contributed by atoms with Gasteiger partial charge in [-0.25, -0.2) is 0 Å². The van der Waals surface area contributed by atoms with Gasteiger partial charge in [0.25, 0.3) is 0 Å². The number of carbonyl (C=O) groups is 1. The van der Waals surface area contributed by atoms with E-state index < -0.39 is 17.5 Å². The van der Waals surface area contributed by atoms with Crippen LogP contribution in [0.25, 0.3) is 0 Å². The molecule has 0 amide bonds. The maximum Gasteiger partial charge on any atom is 0.416 e. The summed E-state index contributed by atoms with van der Waals surface area (Å²) in [7, 11) is 0. The maximum atomic E-state index is 12.5. The van der Waals surface area contributed by atoms with Gasteiger partial charge in [-0.15, -0.1) is 0 Å². The Kier molecular flexibility index (Phi) is 3.60. The number of hydrogen-bond donors (Lipinski definition) is 1. The summed E-state index contributed by atoms with van der Waals surface area (Å²) in [5.41, 5.74) is 5.13. The van der Waals surface area contributed by atoms with Gasteiger partial charge in [0.2, 0.25) is 0 Å². The Morgan fingerprint density at radius 3 is 2.47 bits per heavy atom. The molecule has 2 N–H and O–H groups in total. The molecule has 2 nitrogen and oxygen atoms in total. The average molecular weight is 243 g/mol. The number of benzene rings is 1. The van der Waals surface area contributed by atoms with Crippen molar-refractivity contribution in [1.29, 1.82) is 0 Å². The number of allylic oxidation sites excluding steroid dienone is 1. The standard InChI is InChI=1S/C12H12F3NO/c1-7(2)5-11(17)9-6-8(12(13,14)15)3-4-10(9)16/h3-4,6H,1,5,16H2,2H3. The van der Waals surface area contributed by atoms with E-state index in [9.17, 15) is 18.0 Å². The van der Waals surface area contributed by atoms with Crippen LogP contribution in [0.2, 0.25) is 0 Å². The molecule has 0 bridgehead atoms. The van der Waals surface area contributed by atoms with E-state index in [-0.39, 0.29) is 17.7 Å². The zero-order chi connectivity index (χ0) is 13.2. The molecule has 1 rings (SSSR count). The highest BCUT2D eigenvalue weighted by molar-refractivity contribution is 6.02. The molecule has 0 aliphatic rings. The molecule has 92 valence electrons. The second kappa shape index (κ2) is 4.61. The third-order valence-electron chi connectivity index (χ3n) is 2.14. The summed E-state index contributed by atoms with van der Waals surface area (Å²) >= 11 is 0. The number of nitrogens with two attached hydrogens (primary N) is 1. The summed E-state index contributed by atoms with van der Waals surface area (Å²) in [6, 6.07) is 2.72. The number of hydrogen-bond acceptors (Lipinski definition) is 2. The van der Waals surface area contributed by atoms with Crippen molar-refractivity contribution in [3.05, 3.63) is 41.5 Å². The lowest BCUT2D eigenvalue weighted by molar-refractivity contribution is -0.137. The van der Waals surface area contributed by atoms with Crippen LogP contribution in [0.5, 0.6) is 0 Å². The van der Waals surface area contributed by atoms with Gasteiger partial charge in [0.1, 0.15) is 0 Å². The van der Waals surface area contributed by atoms with Crippen LogP contribution in [0.4, 0.5) is 18.9 Å². The van der Waals surface area contributed by atoms with Crippen LogP contribution in [0.15, 0.2) is 30.4 Å². The SMILES string of the molecule is C=C(C)CC(=O)c1cc(C(F)(F)F)ccc1N. The average Bonchev–Trinajstić information content (AvgIpc) is 2.15. The summed E-state index contributed by atoms with van der Waals surface area (Å²) in [5, 5.41) is 0. The molecule has 17 heavy (non-hydrogen) atoms. The monoisotopic (exact) mass is 243 g/mol. The minimum absolute atomic E-state index is 0.00842. The van der Waals surface area contributed by atoms with Crippen molar-refractivity contribution in [2.45, 2.75) is 19.5 Å².